The second-order valence-corrected chi connectivity index (χ2v) is 8.73. The average Bonchev–Trinajstić information content (AvgIpc) is 3.33. The van der Waals surface area contributed by atoms with Crippen molar-refractivity contribution < 1.29 is 4.79 Å². The van der Waals surface area contributed by atoms with E-state index in [1.54, 1.807) is 18.2 Å². The van der Waals surface area contributed by atoms with Crippen LogP contribution in [0.15, 0.2) is 29.4 Å². The summed E-state index contributed by atoms with van der Waals surface area (Å²) in [5.41, 5.74) is 0.416. The number of amides is 1. The second-order valence-electron chi connectivity index (χ2n) is 6.11. The van der Waals surface area contributed by atoms with Gasteiger partial charge in [0.2, 0.25) is 0 Å². The van der Waals surface area contributed by atoms with Crippen molar-refractivity contribution in [1.82, 2.24) is 9.97 Å². The first-order valence-electron chi connectivity index (χ1n) is 8.42. The van der Waals surface area contributed by atoms with E-state index >= 15 is 0 Å². The van der Waals surface area contributed by atoms with Gasteiger partial charge in [-0.3, -0.25) is 4.79 Å². The summed E-state index contributed by atoms with van der Waals surface area (Å²) in [6, 6.07) is 6.98. The Hall–Kier alpha value is -1.54. The lowest BCUT2D eigenvalue weighted by molar-refractivity contribution is 0.103. The van der Waals surface area contributed by atoms with Gasteiger partial charge < -0.3 is 10.2 Å². The number of aromatic nitrogens is 2. The Bertz CT molecular complexity index is 998. The summed E-state index contributed by atoms with van der Waals surface area (Å²) in [6.07, 6.45) is 4.26. The predicted octanol–water partition coefficient (Wildman–Crippen LogP) is 5.57. The molecule has 2 aromatic heterocycles. The number of carbonyl (C=O) groups is 1. The molecule has 0 aliphatic carbocycles. The number of halogens is 2. The molecule has 5 nitrogen and oxygen atoms in total. The number of fused-ring (bicyclic) bond motifs is 1. The Kier molecular flexibility index (Phi) is 5.45. The van der Waals surface area contributed by atoms with Gasteiger partial charge in [0.15, 0.2) is 5.16 Å². The predicted molar refractivity (Wildman–Crippen MR) is 115 cm³/mol. The average molecular weight is 439 g/mol. The molecule has 0 spiro atoms. The number of thiophene rings is 1. The third-order valence-corrected chi connectivity index (χ3v) is 6.57. The molecule has 3 aromatic rings. The first-order chi connectivity index (χ1) is 13.1. The standard InChI is InChI=1S/C18H16Cl2N4OS2/c1-26-18-22-15(24-7-2-3-8-24)10-9-13(27-17(10)23-18)16(25)21-14-11(19)5-4-6-12(14)20/h4-6,9H,2-3,7-8H2,1H3,(H,21,25). The fraction of sp³-hybridized carbons (Fsp3) is 0.278. The van der Waals surface area contributed by atoms with Crippen molar-refractivity contribution in [3.63, 3.8) is 0 Å². The van der Waals surface area contributed by atoms with Crippen molar-refractivity contribution in [3.8, 4) is 0 Å². The van der Waals surface area contributed by atoms with Gasteiger partial charge in [0, 0.05) is 13.1 Å². The smallest absolute Gasteiger partial charge is 0.265 e. The van der Waals surface area contributed by atoms with E-state index in [2.05, 4.69) is 15.2 Å². The van der Waals surface area contributed by atoms with E-state index in [4.69, 9.17) is 28.2 Å². The minimum absolute atomic E-state index is 0.258. The largest absolute Gasteiger partial charge is 0.356 e. The van der Waals surface area contributed by atoms with Crippen LogP contribution in [0.1, 0.15) is 22.5 Å². The molecule has 4 rings (SSSR count). The van der Waals surface area contributed by atoms with Crippen molar-refractivity contribution in [2.75, 3.05) is 29.6 Å². The van der Waals surface area contributed by atoms with Crippen LogP contribution in [0.3, 0.4) is 0 Å². The Morgan fingerprint density at radius 3 is 2.59 bits per heavy atom. The van der Waals surface area contributed by atoms with Gasteiger partial charge in [-0.1, -0.05) is 41.0 Å². The number of nitrogens with zero attached hydrogens (tertiary/aromatic N) is 3. The van der Waals surface area contributed by atoms with E-state index in [9.17, 15) is 4.79 Å². The first-order valence-corrected chi connectivity index (χ1v) is 11.2. The summed E-state index contributed by atoms with van der Waals surface area (Å²) in [5.74, 6) is 0.652. The molecule has 0 saturated carbocycles. The first kappa shape index (κ1) is 18.8. The number of hydrogen-bond donors (Lipinski definition) is 1. The zero-order chi connectivity index (χ0) is 19.0. The third-order valence-electron chi connectivity index (χ3n) is 4.37. The molecule has 27 heavy (non-hydrogen) atoms. The zero-order valence-electron chi connectivity index (χ0n) is 14.5. The maximum atomic E-state index is 12.8. The number of carbonyl (C=O) groups excluding carboxylic acids is 1. The van der Waals surface area contributed by atoms with E-state index in [0.717, 1.165) is 42.0 Å². The van der Waals surface area contributed by atoms with Crippen molar-refractivity contribution in [1.29, 1.82) is 0 Å². The summed E-state index contributed by atoms with van der Waals surface area (Å²) in [7, 11) is 0. The molecule has 1 saturated heterocycles. The van der Waals surface area contributed by atoms with E-state index in [0.29, 0.717) is 25.8 Å². The van der Waals surface area contributed by atoms with Crippen LogP contribution >= 0.6 is 46.3 Å². The number of hydrogen-bond acceptors (Lipinski definition) is 6. The van der Waals surface area contributed by atoms with Gasteiger partial charge in [0.25, 0.3) is 5.91 Å². The lowest BCUT2D eigenvalue weighted by Crippen LogP contribution is -2.19. The summed E-state index contributed by atoms with van der Waals surface area (Å²) < 4.78 is 0. The Morgan fingerprint density at radius 2 is 1.93 bits per heavy atom. The van der Waals surface area contributed by atoms with Gasteiger partial charge in [-0.05, 0) is 37.3 Å². The van der Waals surface area contributed by atoms with Crippen LogP contribution in [0, 0.1) is 0 Å². The molecule has 1 fully saturated rings. The van der Waals surface area contributed by atoms with Crippen molar-refractivity contribution >= 4 is 73.9 Å². The van der Waals surface area contributed by atoms with Crippen LogP contribution in [0.2, 0.25) is 10.0 Å². The zero-order valence-corrected chi connectivity index (χ0v) is 17.6. The van der Waals surface area contributed by atoms with Crippen LogP contribution in [0.25, 0.3) is 10.2 Å². The van der Waals surface area contributed by atoms with Gasteiger partial charge >= 0.3 is 0 Å². The van der Waals surface area contributed by atoms with Crippen LogP contribution in [-0.4, -0.2) is 35.2 Å². The van der Waals surface area contributed by atoms with E-state index in [1.807, 2.05) is 12.3 Å². The van der Waals surface area contributed by atoms with E-state index < -0.39 is 0 Å². The molecule has 0 bridgehead atoms. The number of nitrogens with one attached hydrogen (secondary N) is 1. The summed E-state index contributed by atoms with van der Waals surface area (Å²) in [4.78, 5) is 25.7. The Balaban J connectivity index is 1.72. The highest BCUT2D eigenvalue weighted by Gasteiger charge is 2.22. The lowest BCUT2D eigenvalue weighted by Gasteiger charge is -2.17. The van der Waals surface area contributed by atoms with Gasteiger partial charge in [0.1, 0.15) is 10.6 Å². The molecule has 1 aromatic carbocycles. The molecule has 1 amide bonds. The van der Waals surface area contributed by atoms with E-state index in [1.165, 1.54) is 23.1 Å². The lowest BCUT2D eigenvalue weighted by atomic mass is 10.3. The van der Waals surface area contributed by atoms with Gasteiger partial charge in [-0.15, -0.1) is 11.3 Å². The molecule has 0 unspecified atom stereocenters. The molecular formula is C18H16Cl2N4OS2. The fourth-order valence-electron chi connectivity index (χ4n) is 3.05. The molecular weight excluding hydrogens is 423 g/mol. The third kappa shape index (κ3) is 3.74. The number of rotatable bonds is 4. The Morgan fingerprint density at radius 1 is 1.22 bits per heavy atom. The Labute approximate surface area is 175 Å². The van der Waals surface area contributed by atoms with Gasteiger partial charge in [-0.2, -0.15) is 0 Å². The maximum absolute atomic E-state index is 12.8. The number of anilines is 2. The quantitative estimate of drug-likeness (QED) is 0.425. The molecule has 1 aliphatic rings. The molecule has 140 valence electrons. The number of para-hydroxylation sites is 1. The van der Waals surface area contributed by atoms with Crippen LogP contribution in [-0.2, 0) is 0 Å². The van der Waals surface area contributed by atoms with Crippen LogP contribution < -0.4 is 10.2 Å². The van der Waals surface area contributed by atoms with Gasteiger partial charge in [-0.25, -0.2) is 9.97 Å². The minimum atomic E-state index is -0.258. The molecule has 1 N–H and O–H groups in total. The van der Waals surface area contributed by atoms with Crippen molar-refractivity contribution in [3.05, 3.63) is 39.2 Å². The molecule has 1 aliphatic heterocycles. The normalized spacial score (nSPS) is 14.1. The molecule has 0 radical (unpaired) electrons. The van der Waals surface area contributed by atoms with Crippen molar-refractivity contribution in [2.45, 2.75) is 18.0 Å². The molecule has 9 heteroatoms. The van der Waals surface area contributed by atoms with Crippen LogP contribution in [0.4, 0.5) is 11.5 Å². The highest BCUT2D eigenvalue weighted by Crippen LogP contribution is 2.35. The second kappa shape index (κ2) is 7.83. The number of benzene rings is 1. The van der Waals surface area contributed by atoms with Crippen LogP contribution in [0.5, 0.6) is 0 Å². The van der Waals surface area contributed by atoms with Gasteiger partial charge in [0.05, 0.1) is 26.0 Å². The van der Waals surface area contributed by atoms with E-state index in [-0.39, 0.29) is 5.91 Å². The topological polar surface area (TPSA) is 58.1 Å². The summed E-state index contributed by atoms with van der Waals surface area (Å²) in [6.45, 7) is 1.96. The molecule has 0 atom stereocenters. The fourth-order valence-corrected chi connectivity index (χ4v) is 4.88. The maximum Gasteiger partial charge on any atom is 0.265 e. The highest BCUT2D eigenvalue weighted by atomic mass is 35.5. The molecule has 3 heterocycles. The highest BCUT2D eigenvalue weighted by molar-refractivity contribution is 7.98. The summed E-state index contributed by atoms with van der Waals surface area (Å²) >= 11 is 15.2. The van der Waals surface area contributed by atoms with Crippen molar-refractivity contribution in [2.24, 2.45) is 0 Å². The summed E-state index contributed by atoms with van der Waals surface area (Å²) in [5, 5.41) is 5.25. The minimum Gasteiger partial charge on any atom is -0.356 e. The SMILES string of the molecule is CSc1nc(N2CCCC2)c2cc(C(=O)Nc3c(Cl)cccc3Cl)sc2n1. The monoisotopic (exact) mass is 438 g/mol. The number of thioether (sulfide) groups is 1.